The summed E-state index contributed by atoms with van der Waals surface area (Å²) in [5.41, 5.74) is 3.70. The second-order valence-electron chi connectivity index (χ2n) is 4.18. The van der Waals surface area contributed by atoms with E-state index in [-0.39, 0.29) is 11.9 Å². The Bertz CT molecular complexity index is 343. The van der Waals surface area contributed by atoms with Gasteiger partial charge in [-0.2, -0.15) is 0 Å². The lowest BCUT2D eigenvalue weighted by Gasteiger charge is -2.16. The van der Waals surface area contributed by atoms with E-state index in [1.165, 1.54) is 12.1 Å². The van der Waals surface area contributed by atoms with Gasteiger partial charge in [-0.3, -0.25) is 11.3 Å². The first-order chi connectivity index (χ1) is 8.65. The third kappa shape index (κ3) is 5.91. The topological polar surface area (TPSA) is 47.3 Å². The lowest BCUT2D eigenvalue weighted by molar-refractivity contribution is 0.140. The molecule has 0 radical (unpaired) electrons. The maximum Gasteiger partial charge on any atom is 0.124 e. The number of nitrogens with two attached hydrogens (primary N) is 1. The van der Waals surface area contributed by atoms with E-state index in [0.29, 0.717) is 6.42 Å². The molecule has 1 rings (SSSR count). The molecule has 0 saturated heterocycles. The number of halogens is 2. The SMILES string of the molecule is CCOCCCC(Cc1cc(F)cc(Br)c1)NN. The summed E-state index contributed by atoms with van der Waals surface area (Å²) in [6, 6.07) is 5.04. The van der Waals surface area contributed by atoms with Gasteiger partial charge in [0.15, 0.2) is 0 Å². The highest BCUT2D eigenvalue weighted by molar-refractivity contribution is 9.10. The largest absolute Gasteiger partial charge is 0.382 e. The summed E-state index contributed by atoms with van der Waals surface area (Å²) in [4.78, 5) is 0. The molecule has 3 nitrogen and oxygen atoms in total. The van der Waals surface area contributed by atoms with Gasteiger partial charge in [-0.05, 0) is 49.9 Å². The van der Waals surface area contributed by atoms with Gasteiger partial charge < -0.3 is 4.74 Å². The van der Waals surface area contributed by atoms with Crippen LogP contribution in [0, 0.1) is 5.82 Å². The van der Waals surface area contributed by atoms with Crippen molar-refractivity contribution in [2.45, 2.75) is 32.2 Å². The molecule has 18 heavy (non-hydrogen) atoms. The Hall–Kier alpha value is -0.490. The van der Waals surface area contributed by atoms with Gasteiger partial charge in [0.05, 0.1) is 0 Å². The first kappa shape index (κ1) is 15.6. The summed E-state index contributed by atoms with van der Waals surface area (Å²) in [5, 5.41) is 0. The molecule has 0 saturated carbocycles. The third-order valence-corrected chi connectivity index (χ3v) is 3.14. The minimum absolute atomic E-state index is 0.138. The van der Waals surface area contributed by atoms with Crippen molar-refractivity contribution < 1.29 is 9.13 Å². The minimum Gasteiger partial charge on any atom is -0.382 e. The molecule has 1 aromatic carbocycles. The van der Waals surface area contributed by atoms with Gasteiger partial charge >= 0.3 is 0 Å². The van der Waals surface area contributed by atoms with E-state index in [0.717, 1.165) is 36.1 Å². The van der Waals surface area contributed by atoms with Crippen molar-refractivity contribution in [1.82, 2.24) is 5.43 Å². The molecular formula is C13H20BrFN2O. The van der Waals surface area contributed by atoms with Crippen molar-refractivity contribution in [2.75, 3.05) is 13.2 Å². The van der Waals surface area contributed by atoms with Crippen molar-refractivity contribution in [3.8, 4) is 0 Å². The van der Waals surface area contributed by atoms with Crippen LogP contribution in [0.15, 0.2) is 22.7 Å². The predicted octanol–water partition coefficient (Wildman–Crippen LogP) is 2.78. The summed E-state index contributed by atoms with van der Waals surface area (Å²) < 4.78 is 19.3. The molecule has 0 spiro atoms. The first-order valence-corrected chi connectivity index (χ1v) is 6.93. The van der Waals surface area contributed by atoms with Crippen LogP contribution in [0.25, 0.3) is 0 Å². The number of hydrazine groups is 1. The van der Waals surface area contributed by atoms with Gasteiger partial charge in [0.25, 0.3) is 0 Å². The summed E-state index contributed by atoms with van der Waals surface area (Å²) >= 11 is 3.29. The zero-order chi connectivity index (χ0) is 13.4. The molecule has 5 heteroatoms. The quantitative estimate of drug-likeness (QED) is 0.440. The molecule has 0 aliphatic rings. The van der Waals surface area contributed by atoms with Gasteiger partial charge in [0, 0.05) is 23.7 Å². The van der Waals surface area contributed by atoms with E-state index in [1.807, 2.05) is 13.0 Å². The van der Waals surface area contributed by atoms with E-state index in [1.54, 1.807) is 0 Å². The fourth-order valence-electron chi connectivity index (χ4n) is 1.83. The molecular weight excluding hydrogens is 299 g/mol. The van der Waals surface area contributed by atoms with Crippen LogP contribution < -0.4 is 11.3 Å². The molecule has 0 heterocycles. The zero-order valence-corrected chi connectivity index (χ0v) is 12.2. The highest BCUT2D eigenvalue weighted by Gasteiger charge is 2.09. The van der Waals surface area contributed by atoms with E-state index < -0.39 is 0 Å². The van der Waals surface area contributed by atoms with Crippen molar-refractivity contribution in [3.63, 3.8) is 0 Å². The van der Waals surface area contributed by atoms with Crippen LogP contribution in [-0.2, 0) is 11.2 Å². The number of hydrogen-bond donors (Lipinski definition) is 2. The molecule has 102 valence electrons. The average molecular weight is 319 g/mol. The first-order valence-electron chi connectivity index (χ1n) is 6.14. The van der Waals surface area contributed by atoms with Crippen molar-refractivity contribution in [2.24, 2.45) is 5.84 Å². The molecule has 1 atom stereocenters. The second kappa shape index (κ2) is 8.58. The molecule has 0 bridgehead atoms. The summed E-state index contributed by atoms with van der Waals surface area (Å²) in [6.45, 7) is 3.45. The smallest absolute Gasteiger partial charge is 0.124 e. The van der Waals surface area contributed by atoms with Gasteiger partial charge in [0.1, 0.15) is 5.82 Å². The summed E-state index contributed by atoms with van der Waals surface area (Å²) in [5.74, 6) is 5.28. The molecule has 0 aliphatic carbocycles. The molecule has 1 unspecified atom stereocenters. The number of nitrogens with one attached hydrogen (secondary N) is 1. The van der Waals surface area contributed by atoms with Gasteiger partial charge in [-0.1, -0.05) is 15.9 Å². The molecule has 0 amide bonds. The third-order valence-electron chi connectivity index (χ3n) is 2.69. The van der Waals surface area contributed by atoms with Crippen LogP contribution in [0.2, 0.25) is 0 Å². The summed E-state index contributed by atoms with van der Waals surface area (Å²) in [6.07, 6.45) is 2.56. The van der Waals surface area contributed by atoms with Gasteiger partial charge in [0.2, 0.25) is 0 Å². The van der Waals surface area contributed by atoms with E-state index in [4.69, 9.17) is 10.6 Å². The Labute approximate surface area is 116 Å². The Morgan fingerprint density at radius 3 is 2.83 bits per heavy atom. The van der Waals surface area contributed by atoms with Gasteiger partial charge in [-0.15, -0.1) is 0 Å². The number of rotatable bonds is 8. The Kier molecular flexibility index (Phi) is 7.42. The Morgan fingerprint density at radius 1 is 1.44 bits per heavy atom. The number of benzene rings is 1. The van der Waals surface area contributed by atoms with E-state index in [9.17, 15) is 4.39 Å². The van der Waals surface area contributed by atoms with Crippen LogP contribution in [-0.4, -0.2) is 19.3 Å². The Balaban J connectivity index is 2.46. The van der Waals surface area contributed by atoms with Crippen LogP contribution in [0.1, 0.15) is 25.3 Å². The molecule has 3 N–H and O–H groups in total. The molecule has 0 fully saturated rings. The van der Waals surface area contributed by atoms with Crippen molar-refractivity contribution in [1.29, 1.82) is 0 Å². The fourth-order valence-corrected chi connectivity index (χ4v) is 2.35. The standard InChI is InChI=1S/C13H20BrFN2O/c1-2-18-5-3-4-13(17-16)8-10-6-11(14)9-12(15)7-10/h6-7,9,13,17H,2-5,8,16H2,1H3. The van der Waals surface area contributed by atoms with Crippen LogP contribution in [0.5, 0.6) is 0 Å². The maximum atomic E-state index is 13.2. The summed E-state index contributed by atoms with van der Waals surface area (Å²) in [7, 11) is 0. The fraction of sp³-hybridized carbons (Fsp3) is 0.538. The molecule has 0 aliphatic heterocycles. The molecule has 1 aromatic rings. The lowest BCUT2D eigenvalue weighted by atomic mass is 10.0. The Morgan fingerprint density at radius 2 is 2.22 bits per heavy atom. The van der Waals surface area contributed by atoms with E-state index in [2.05, 4.69) is 21.4 Å². The van der Waals surface area contributed by atoms with Crippen molar-refractivity contribution >= 4 is 15.9 Å². The average Bonchev–Trinajstić information content (AvgIpc) is 2.32. The highest BCUT2D eigenvalue weighted by atomic mass is 79.9. The monoisotopic (exact) mass is 318 g/mol. The zero-order valence-electron chi connectivity index (χ0n) is 10.6. The van der Waals surface area contributed by atoms with Crippen LogP contribution in [0.3, 0.4) is 0 Å². The maximum absolute atomic E-state index is 13.2. The van der Waals surface area contributed by atoms with Gasteiger partial charge in [-0.25, -0.2) is 4.39 Å². The predicted molar refractivity (Wildman–Crippen MR) is 74.6 cm³/mol. The van der Waals surface area contributed by atoms with Crippen LogP contribution in [0.4, 0.5) is 4.39 Å². The highest BCUT2D eigenvalue weighted by Crippen LogP contribution is 2.17. The number of ether oxygens (including phenoxy) is 1. The minimum atomic E-state index is -0.232. The van der Waals surface area contributed by atoms with Crippen LogP contribution >= 0.6 is 15.9 Å². The molecule has 0 aromatic heterocycles. The number of hydrogen-bond acceptors (Lipinski definition) is 3. The lowest BCUT2D eigenvalue weighted by Crippen LogP contribution is -2.37. The van der Waals surface area contributed by atoms with Crippen molar-refractivity contribution in [3.05, 3.63) is 34.1 Å². The normalized spacial score (nSPS) is 12.7. The second-order valence-corrected chi connectivity index (χ2v) is 5.10. The van der Waals surface area contributed by atoms with E-state index >= 15 is 0 Å².